The topological polar surface area (TPSA) is 33.2 Å². The molecule has 1 aliphatic rings. The number of pyridine rings is 1. The zero-order valence-electron chi connectivity index (χ0n) is 10.1. The summed E-state index contributed by atoms with van der Waals surface area (Å²) >= 11 is 5.95. The van der Waals surface area contributed by atoms with Gasteiger partial charge >= 0.3 is 0 Å². The van der Waals surface area contributed by atoms with E-state index in [-0.39, 0.29) is 5.91 Å². The molecule has 3 nitrogen and oxygen atoms in total. The van der Waals surface area contributed by atoms with Gasteiger partial charge in [-0.15, -0.1) is 0 Å². The van der Waals surface area contributed by atoms with E-state index in [1.165, 1.54) is 12.8 Å². The zero-order valence-corrected chi connectivity index (χ0v) is 10.8. The second-order valence-electron chi connectivity index (χ2n) is 4.51. The lowest BCUT2D eigenvalue weighted by Gasteiger charge is -2.19. The standard InChI is InChI=1S/C13H17ClN2O/c1-10-6-7-11(15-12(10)14)13(17)16-8-4-2-3-5-9-16/h6-7H,2-5,8-9H2,1H3. The number of carbonyl (C=O) groups excluding carboxylic acids is 1. The Kier molecular flexibility index (Phi) is 4.00. The molecule has 0 spiro atoms. The summed E-state index contributed by atoms with van der Waals surface area (Å²) in [5.41, 5.74) is 1.36. The van der Waals surface area contributed by atoms with Crippen molar-refractivity contribution in [2.75, 3.05) is 13.1 Å². The van der Waals surface area contributed by atoms with Crippen molar-refractivity contribution in [3.63, 3.8) is 0 Å². The van der Waals surface area contributed by atoms with Crippen molar-refractivity contribution in [1.82, 2.24) is 9.88 Å². The number of aromatic nitrogens is 1. The minimum absolute atomic E-state index is 0.00815. The van der Waals surface area contributed by atoms with E-state index in [4.69, 9.17) is 11.6 Å². The van der Waals surface area contributed by atoms with Gasteiger partial charge in [0.15, 0.2) is 0 Å². The van der Waals surface area contributed by atoms with Crippen molar-refractivity contribution in [2.24, 2.45) is 0 Å². The minimum atomic E-state index is 0.00815. The van der Waals surface area contributed by atoms with Crippen LogP contribution in [0.15, 0.2) is 12.1 Å². The fraction of sp³-hybridized carbons (Fsp3) is 0.538. The molecule has 0 aromatic carbocycles. The Balaban J connectivity index is 2.14. The van der Waals surface area contributed by atoms with Gasteiger partial charge < -0.3 is 4.90 Å². The number of rotatable bonds is 1. The molecule has 92 valence electrons. The number of carbonyl (C=O) groups is 1. The van der Waals surface area contributed by atoms with Crippen molar-refractivity contribution in [3.8, 4) is 0 Å². The van der Waals surface area contributed by atoms with Crippen molar-refractivity contribution in [3.05, 3.63) is 28.5 Å². The van der Waals surface area contributed by atoms with E-state index >= 15 is 0 Å². The second kappa shape index (κ2) is 5.50. The number of likely N-dealkylation sites (tertiary alicyclic amines) is 1. The summed E-state index contributed by atoms with van der Waals surface area (Å²) in [5.74, 6) is 0.00815. The van der Waals surface area contributed by atoms with Gasteiger partial charge in [0.25, 0.3) is 5.91 Å². The van der Waals surface area contributed by atoms with Crippen LogP contribution in [-0.4, -0.2) is 28.9 Å². The highest BCUT2D eigenvalue weighted by Gasteiger charge is 2.18. The summed E-state index contributed by atoms with van der Waals surface area (Å²) in [6.07, 6.45) is 4.61. The lowest BCUT2D eigenvalue weighted by atomic mass is 10.2. The molecule has 1 aromatic rings. The maximum absolute atomic E-state index is 12.2. The normalized spacial score (nSPS) is 16.7. The van der Waals surface area contributed by atoms with Crippen LogP contribution in [0.2, 0.25) is 5.15 Å². The van der Waals surface area contributed by atoms with Gasteiger partial charge in [-0.05, 0) is 31.4 Å². The van der Waals surface area contributed by atoms with E-state index < -0.39 is 0 Å². The molecule has 0 radical (unpaired) electrons. The third kappa shape index (κ3) is 2.97. The van der Waals surface area contributed by atoms with Crippen molar-refractivity contribution in [2.45, 2.75) is 32.6 Å². The maximum atomic E-state index is 12.2. The third-order valence-corrected chi connectivity index (χ3v) is 3.53. The highest BCUT2D eigenvalue weighted by Crippen LogP contribution is 2.16. The van der Waals surface area contributed by atoms with Crippen LogP contribution >= 0.6 is 11.6 Å². The molecule has 0 aliphatic carbocycles. The van der Waals surface area contributed by atoms with Crippen molar-refractivity contribution >= 4 is 17.5 Å². The van der Waals surface area contributed by atoms with Crippen LogP contribution in [0.1, 0.15) is 41.7 Å². The van der Waals surface area contributed by atoms with Crippen LogP contribution in [0.4, 0.5) is 0 Å². The molecular weight excluding hydrogens is 236 g/mol. The molecule has 1 fully saturated rings. The number of halogens is 1. The van der Waals surface area contributed by atoms with Gasteiger partial charge in [-0.1, -0.05) is 30.5 Å². The Morgan fingerprint density at radius 1 is 1.24 bits per heavy atom. The van der Waals surface area contributed by atoms with Gasteiger partial charge in [-0.3, -0.25) is 4.79 Å². The molecular formula is C13H17ClN2O. The van der Waals surface area contributed by atoms with E-state index in [2.05, 4.69) is 4.98 Å². The van der Waals surface area contributed by atoms with E-state index in [1.54, 1.807) is 6.07 Å². The Hall–Kier alpha value is -1.09. The monoisotopic (exact) mass is 252 g/mol. The fourth-order valence-electron chi connectivity index (χ4n) is 2.06. The molecule has 4 heteroatoms. The average Bonchev–Trinajstić information content (AvgIpc) is 2.60. The number of nitrogens with zero attached hydrogens (tertiary/aromatic N) is 2. The average molecular weight is 253 g/mol. The number of amides is 1. The van der Waals surface area contributed by atoms with E-state index in [1.807, 2.05) is 17.9 Å². The summed E-state index contributed by atoms with van der Waals surface area (Å²) in [7, 11) is 0. The molecule has 0 bridgehead atoms. The fourth-order valence-corrected chi connectivity index (χ4v) is 2.21. The Morgan fingerprint density at radius 3 is 2.47 bits per heavy atom. The van der Waals surface area contributed by atoms with Crippen LogP contribution in [0.25, 0.3) is 0 Å². The molecule has 1 amide bonds. The molecule has 0 atom stereocenters. The molecule has 17 heavy (non-hydrogen) atoms. The number of hydrogen-bond donors (Lipinski definition) is 0. The van der Waals surface area contributed by atoms with Crippen molar-refractivity contribution < 1.29 is 4.79 Å². The summed E-state index contributed by atoms with van der Waals surface area (Å²) in [6, 6.07) is 3.61. The Bertz CT molecular complexity index is 412. The SMILES string of the molecule is Cc1ccc(C(=O)N2CCCCCC2)nc1Cl. The quantitative estimate of drug-likeness (QED) is 0.720. The van der Waals surface area contributed by atoms with Gasteiger partial charge in [0.1, 0.15) is 10.8 Å². The van der Waals surface area contributed by atoms with Gasteiger partial charge in [-0.25, -0.2) is 4.98 Å². The molecule has 1 aliphatic heterocycles. The minimum Gasteiger partial charge on any atom is -0.337 e. The van der Waals surface area contributed by atoms with Gasteiger partial charge in [-0.2, -0.15) is 0 Å². The molecule has 2 rings (SSSR count). The van der Waals surface area contributed by atoms with Gasteiger partial charge in [0.2, 0.25) is 0 Å². The molecule has 1 saturated heterocycles. The largest absolute Gasteiger partial charge is 0.337 e. The van der Waals surface area contributed by atoms with Crippen LogP contribution in [0.3, 0.4) is 0 Å². The lowest BCUT2D eigenvalue weighted by molar-refractivity contribution is 0.0756. The first kappa shape index (κ1) is 12.4. The smallest absolute Gasteiger partial charge is 0.272 e. The summed E-state index contributed by atoms with van der Waals surface area (Å²) in [4.78, 5) is 18.3. The van der Waals surface area contributed by atoms with Crippen molar-refractivity contribution in [1.29, 1.82) is 0 Å². The van der Waals surface area contributed by atoms with Crippen LogP contribution < -0.4 is 0 Å². The summed E-state index contributed by atoms with van der Waals surface area (Å²) in [5, 5.41) is 0.422. The first-order valence-electron chi connectivity index (χ1n) is 6.11. The molecule has 2 heterocycles. The predicted molar refractivity (Wildman–Crippen MR) is 68.4 cm³/mol. The Labute approximate surface area is 107 Å². The second-order valence-corrected chi connectivity index (χ2v) is 4.87. The summed E-state index contributed by atoms with van der Waals surface area (Å²) < 4.78 is 0. The molecule has 1 aromatic heterocycles. The summed E-state index contributed by atoms with van der Waals surface area (Å²) in [6.45, 7) is 3.56. The van der Waals surface area contributed by atoms with Gasteiger partial charge in [0.05, 0.1) is 0 Å². The lowest BCUT2D eigenvalue weighted by Crippen LogP contribution is -2.32. The first-order chi connectivity index (χ1) is 8.18. The Morgan fingerprint density at radius 2 is 1.88 bits per heavy atom. The predicted octanol–water partition coefficient (Wildman–Crippen LogP) is 3.06. The van der Waals surface area contributed by atoms with E-state index in [0.717, 1.165) is 31.5 Å². The zero-order chi connectivity index (χ0) is 12.3. The van der Waals surface area contributed by atoms with Crippen LogP contribution in [0.5, 0.6) is 0 Å². The van der Waals surface area contributed by atoms with Crippen LogP contribution in [-0.2, 0) is 0 Å². The number of aryl methyl sites for hydroxylation is 1. The van der Waals surface area contributed by atoms with E-state index in [9.17, 15) is 4.79 Å². The highest BCUT2D eigenvalue weighted by molar-refractivity contribution is 6.30. The maximum Gasteiger partial charge on any atom is 0.272 e. The number of hydrogen-bond acceptors (Lipinski definition) is 2. The molecule has 0 N–H and O–H groups in total. The van der Waals surface area contributed by atoms with E-state index in [0.29, 0.717) is 10.8 Å². The molecule has 0 saturated carbocycles. The van der Waals surface area contributed by atoms with Gasteiger partial charge in [0, 0.05) is 13.1 Å². The molecule has 0 unspecified atom stereocenters. The third-order valence-electron chi connectivity index (χ3n) is 3.15. The highest BCUT2D eigenvalue weighted by atomic mass is 35.5. The first-order valence-corrected chi connectivity index (χ1v) is 6.49. The van der Waals surface area contributed by atoms with Crippen LogP contribution in [0, 0.1) is 6.92 Å².